The number of hydrogen-bond acceptors (Lipinski definition) is 4. The number of fused-ring (bicyclic) bond motifs is 4. The lowest BCUT2D eigenvalue weighted by Gasteiger charge is -2.50. The molecule has 3 aliphatic heterocycles. The second kappa shape index (κ2) is 7.14. The van der Waals surface area contributed by atoms with Gasteiger partial charge in [0.15, 0.2) is 0 Å². The molecule has 160 valence electrons. The van der Waals surface area contributed by atoms with Crippen molar-refractivity contribution in [3.8, 4) is 20.9 Å². The molecule has 0 amide bonds. The van der Waals surface area contributed by atoms with E-state index in [4.69, 9.17) is 0 Å². The molecule has 0 atom stereocenters. The van der Waals surface area contributed by atoms with E-state index < -0.39 is 0 Å². The maximum atomic E-state index is 2.69. The molecule has 0 saturated carbocycles. The van der Waals surface area contributed by atoms with Crippen LogP contribution in [0.3, 0.4) is 0 Å². The fourth-order valence-corrected chi connectivity index (χ4v) is 8.23. The lowest BCUT2D eigenvalue weighted by molar-refractivity contribution is 0.902. The van der Waals surface area contributed by atoms with Crippen LogP contribution in [-0.4, -0.2) is 26.8 Å². The molecule has 34 heavy (non-hydrogen) atoms. The fourth-order valence-electron chi connectivity index (χ4n) is 6.32. The molecule has 5 aromatic rings. The van der Waals surface area contributed by atoms with E-state index in [0.29, 0.717) is 0 Å². The summed E-state index contributed by atoms with van der Waals surface area (Å²) in [5, 5.41) is 4.54. The third kappa shape index (κ3) is 2.47. The van der Waals surface area contributed by atoms with Gasteiger partial charge in [0.2, 0.25) is 0 Å². The SMILES string of the molecule is c1ccc(B2c3ccsc3-c3ccc4c5c3N2CCN5B(c2ccccc2)c2ccsc2-4)cc1. The van der Waals surface area contributed by atoms with Gasteiger partial charge in [-0.05, 0) is 21.7 Å². The van der Waals surface area contributed by atoms with E-state index in [2.05, 4.69) is 105 Å². The van der Waals surface area contributed by atoms with E-state index in [0.717, 1.165) is 13.1 Å². The molecule has 0 saturated heterocycles. The summed E-state index contributed by atoms with van der Waals surface area (Å²) in [7, 11) is 0. The van der Waals surface area contributed by atoms with Crippen LogP contribution in [-0.2, 0) is 0 Å². The Kier molecular flexibility index (Phi) is 4.02. The van der Waals surface area contributed by atoms with Crippen LogP contribution in [0.2, 0.25) is 0 Å². The summed E-state index contributed by atoms with van der Waals surface area (Å²) in [6.07, 6.45) is 0. The van der Waals surface area contributed by atoms with Crippen LogP contribution in [0.25, 0.3) is 20.9 Å². The molecular formula is C28H20B2N2S2. The van der Waals surface area contributed by atoms with Gasteiger partial charge in [0, 0.05) is 34.0 Å². The summed E-state index contributed by atoms with van der Waals surface area (Å²) in [5.74, 6) is 0. The molecule has 0 spiro atoms. The summed E-state index contributed by atoms with van der Waals surface area (Å²) < 4.78 is 0. The van der Waals surface area contributed by atoms with Gasteiger partial charge in [-0.1, -0.05) is 95.9 Å². The van der Waals surface area contributed by atoms with Crippen molar-refractivity contribution in [3.63, 3.8) is 0 Å². The summed E-state index contributed by atoms with van der Waals surface area (Å²) in [6, 6.07) is 31.6. The van der Waals surface area contributed by atoms with Crippen LogP contribution in [0.15, 0.2) is 95.7 Å². The molecule has 6 heteroatoms. The molecule has 0 aliphatic carbocycles. The Balaban J connectivity index is 1.42. The number of rotatable bonds is 2. The summed E-state index contributed by atoms with van der Waals surface area (Å²) in [4.78, 5) is 8.24. The maximum absolute atomic E-state index is 2.69. The van der Waals surface area contributed by atoms with E-state index >= 15 is 0 Å². The van der Waals surface area contributed by atoms with Gasteiger partial charge in [0.25, 0.3) is 0 Å². The van der Waals surface area contributed by atoms with E-state index in [-0.39, 0.29) is 13.7 Å². The van der Waals surface area contributed by atoms with Crippen LogP contribution in [0.1, 0.15) is 0 Å². The highest BCUT2D eigenvalue weighted by molar-refractivity contribution is 7.17. The first-order chi connectivity index (χ1) is 16.9. The van der Waals surface area contributed by atoms with Crippen molar-refractivity contribution in [2.45, 2.75) is 0 Å². The van der Waals surface area contributed by atoms with Crippen molar-refractivity contribution < 1.29 is 0 Å². The minimum atomic E-state index is 0.267. The largest absolute Gasteiger partial charge is 0.403 e. The van der Waals surface area contributed by atoms with E-state index in [1.807, 2.05) is 22.7 Å². The minimum Gasteiger partial charge on any atom is -0.403 e. The van der Waals surface area contributed by atoms with Crippen LogP contribution in [0.5, 0.6) is 0 Å². The fraction of sp³-hybridized carbons (Fsp3) is 0.0714. The average molecular weight is 470 g/mol. The second-order valence-electron chi connectivity index (χ2n) is 9.28. The van der Waals surface area contributed by atoms with Gasteiger partial charge in [0.05, 0.1) is 11.4 Å². The molecule has 0 fully saturated rings. The zero-order valence-corrected chi connectivity index (χ0v) is 20.2. The molecule has 8 rings (SSSR count). The van der Waals surface area contributed by atoms with Gasteiger partial charge >= 0.3 is 13.7 Å². The first-order valence-corrected chi connectivity index (χ1v) is 13.6. The van der Waals surface area contributed by atoms with Crippen molar-refractivity contribution in [3.05, 3.63) is 95.7 Å². The Morgan fingerprint density at radius 2 is 0.971 bits per heavy atom. The Morgan fingerprint density at radius 3 is 1.41 bits per heavy atom. The predicted molar refractivity (Wildman–Crippen MR) is 151 cm³/mol. The van der Waals surface area contributed by atoms with Crippen LogP contribution >= 0.6 is 22.7 Å². The highest BCUT2D eigenvalue weighted by Crippen LogP contribution is 2.52. The molecule has 0 radical (unpaired) electrons. The molecular weight excluding hydrogens is 450 g/mol. The number of thiophene rings is 2. The molecule has 0 N–H and O–H groups in total. The van der Waals surface area contributed by atoms with Crippen molar-refractivity contribution in [1.29, 1.82) is 0 Å². The molecule has 0 unspecified atom stereocenters. The highest BCUT2D eigenvalue weighted by atomic mass is 32.1. The van der Waals surface area contributed by atoms with Crippen LogP contribution in [0, 0.1) is 0 Å². The molecule has 2 aromatic heterocycles. The van der Waals surface area contributed by atoms with Crippen molar-refractivity contribution in [2.75, 3.05) is 22.7 Å². The normalized spacial score (nSPS) is 15.2. The van der Waals surface area contributed by atoms with E-state index in [9.17, 15) is 0 Å². The van der Waals surface area contributed by atoms with Crippen molar-refractivity contribution in [1.82, 2.24) is 0 Å². The van der Waals surface area contributed by atoms with Crippen molar-refractivity contribution in [2.24, 2.45) is 0 Å². The monoisotopic (exact) mass is 470 g/mol. The molecule has 3 aliphatic rings. The van der Waals surface area contributed by atoms with Gasteiger partial charge in [-0.2, -0.15) is 0 Å². The minimum absolute atomic E-state index is 0.267. The first kappa shape index (κ1) is 19.1. The van der Waals surface area contributed by atoms with Gasteiger partial charge < -0.3 is 9.62 Å². The van der Waals surface area contributed by atoms with Crippen LogP contribution in [0.4, 0.5) is 11.4 Å². The predicted octanol–water partition coefficient (Wildman–Crippen LogP) is 4.01. The first-order valence-electron chi connectivity index (χ1n) is 11.9. The third-order valence-electron chi connectivity index (χ3n) is 7.63. The second-order valence-corrected chi connectivity index (χ2v) is 11.1. The quantitative estimate of drug-likeness (QED) is 0.360. The molecule has 5 heterocycles. The van der Waals surface area contributed by atoms with Gasteiger partial charge in [-0.25, -0.2) is 0 Å². The molecule has 3 aromatic carbocycles. The molecule has 0 bridgehead atoms. The summed E-state index contributed by atoms with van der Waals surface area (Å²) in [6.45, 7) is 2.56. The zero-order chi connectivity index (χ0) is 22.2. The standard InChI is InChI=1S/C28H20B2N2S2/c1-3-7-19(8-4-1)29-23-13-17-33-27(23)21-11-12-22-26-25(21)31(29)15-16-32(26)30(20-9-5-2-6-10-20)24-14-18-34-28(22)24/h1-14,17-18H,15-16H2. The average Bonchev–Trinajstić information content (AvgIpc) is 3.58. The third-order valence-corrected chi connectivity index (χ3v) is 9.56. The smallest absolute Gasteiger partial charge is 0.325 e. The van der Waals surface area contributed by atoms with E-state index in [1.54, 1.807) is 0 Å². The lowest BCUT2D eigenvalue weighted by atomic mass is 9.44. The lowest BCUT2D eigenvalue weighted by Crippen LogP contribution is -2.66. The maximum Gasteiger partial charge on any atom is 0.325 e. The topological polar surface area (TPSA) is 6.48 Å². The number of hydrogen-bond donors (Lipinski definition) is 0. The molecule has 2 nitrogen and oxygen atoms in total. The van der Waals surface area contributed by atoms with Crippen LogP contribution < -0.4 is 31.5 Å². The van der Waals surface area contributed by atoms with Gasteiger partial charge in [0.1, 0.15) is 0 Å². The Morgan fingerprint density at radius 1 is 0.529 bits per heavy atom. The zero-order valence-electron chi connectivity index (χ0n) is 18.5. The highest BCUT2D eigenvalue weighted by Gasteiger charge is 2.46. The van der Waals surface area contributed by atoms with Gasteiger partial charge in [-0.15, -0.1) is 22.7 Å². The van der Waals surface area contributed by atoms with Gasteiger partial charge in [-0.3, -0.25) is 0 Å². The summed E-state index contributed by atoms with van der Waals surface area (Å²) >= 11 is 3.77. The number of anilines is 2. The van der Waals surface area contributed by atoms with E-state index in [1.165, 1.54) is 54.1 Å². The number of benzene rings is 3. The number of nitrogens with zero attached hydrogens (tertiary/aromatic N) is 2. The Labute approximate surface area is 208 Å². The Bertz CT molecular complexity index is 1430. The van der Waals surface area contributed by atoms with Crippen molar-refractivity contribution >= 4 is 69.6 Å². The summed E-state index contributed by atoms with van der Waals surface area (Å²) in [5.41, 5.74) is 11.3. The Hall–Kier alpha value is -3.21.